The molecule has 0 atom stereocenters. The highest BCUT2D eigenvalue weighted by atomic mass is 15.3. The minimum Gasteiger partial charge on any atom is -0.279 e. The molecule has 21 heavy (non-hydrogen) atoms. The van der Waals surface area contributed by atoms with Crippen molar-refractivity contribution in [3.63, 3.8) is 0 Å². The van der Waals surface area contributed by atoms with E-state index in [1.165, 1.54) is 0 Å². The van der Waals surface area contributed by atoms with Gasteiger partial charge in [-0.3, -0.25) is 10.9 Å². The first kappa shape index (κ1) is 14.8. The lowest BCUT2D eigenvalue weighted by Crippen LogP contribution is -1.90. The first-order chi connectivity index (χ1) is 10.4. The highest BCUT2D eigenvalue weighted by Crippen LogP contribution is 2.05. The predicted octanol–water partition coefficient (Wildman–Crippen LogP) is 4.35. The Morgan fingerprint density at radius 1 is 0.667 bits per heavy atom. The molecule has 0 saturated heterocycles. The van der Waals surface area contributed by atoms with Gasteiger partial charge in [0.25, 0.3) is 0 Å². The second kappa shape index (κ2) is 9.31. The van der Waals surface area contributed by atoms with Gasteiger partial charge in [-0.25, -0.2) is 0 Å². The van der Waals surface area contributed by atoms with Crippen LogP contribution in [0.1, 0.15) is 19.3 Å². The molecule has 2 aromatic carbocycles. The molecule has 0 fully saturated rings. The van der Waals surface area contributed by atoms with E-state index in [0.717, 1.165) is 30.6 Å². The Hall–Kier alpha value is -2.62. The number of rotatable bonds is 8. The SMILES string of the molecule is C(CCCC=NNc1ccccc1)=NNc1ccccc1. The number of nitrogens with zero attached hydrogens (tertiary/aromatic N) is 2. The van der Waals surface area contributed by atoms with Crippen LogP contribution in [0, 0.1) is 0 Å². The zero-order chi connectivity index (χ0) is 14.6. The number of hydrogen-bond donors (Lipinski definition) is 2. The lowest BCUT2D eigenvalue weighted by molar-refractivity contribution is 0.940. The fraction of sp³-hybridized carbons (Fsp3) is 0.176. The molecule has 2 rings (SSSR count). The smallest absolute Gasteiger partial charge is 0.0561 e. The van der Waals surface area contributed by atoms with Crippen LogP contribution in [0.25, 0.3) is 0 Å². The van der Waals surface area contributed by atoms with Gasteiger partial charge in [-0.05, 0) is 43.5 Å². The summed E-state index contributed by atoms with van der Waals surface area (Å²) < 4.78 is 0. The van der Waals surface area contributed by atoms with Crippen molar-refractivity contribution in [1.29, 1.82) is 0 Å². The van der Waals surface area contributed by atoms with Gasteiger partial charge in [0.1, 0.15) is 0 Å². The fourth-order valence-corrected chi connectivity index (χ4v) is 1.70. The van der Waals surface area contributed by atoms with Crippen LogP contribution in [0.2, 0.25) is 0 Å². The zero-order valence-electron chi connectivity index (χ0n) is 11.9. The van der Waals surface area contributed by atoms with E-state index in [1.807, 2.05) is 73.1 Å². The van der Waals surface area contributed by atoms with Crippen LogP contribution >= 0.6 is 0 Å². The summed E-state index contributed by atoms with van der Waals surface area (Å²) in [5, 5.41) is 8.34. The van der Waals surface area contributed by atoms with Gasteiger partial charge in [0.15, 0.2) is 0 Å². The molecule has 4 nitrogen and oxygen atoms in total. The number of para-hydroxylation sites is 2. The second-order valence-electron chi connectivity index (χ2n) is 4.51. The zero-order valence-corrected chi connectivity index (χ0v) is 11.9. The summed E-state index contributed by atoms with van der Waals surface area (Å²) in [5.74, 6) is 0. The number of hydrazone groups is 2. The summed E-state index contributed by atoms with van der Waals surface area (Å²) in [5.41, 5.74) is 7.99. The van der Waals surface area contributed by atoms with Crippen molar-refractivity contribution in [3.8, 4) is 0 Å². The monoisotopic (exact) mass is 280 g/mol. The van der Waals surface area contributed by atoms with Crippen LogP contribution in [0.4, 0.5) is 11.4 Å². The molecule has 0 amide bonds. The molecule has 0 aliphatic heterocycles. The first-order valence-corrected chi connectivity index (χ1v) is 7.10. The van der Waals surface area contributed by atoms with E-state index < -0.39 is 0 Å². The molecule has 0 radical (unpaired) electrons. The maximum atomic E-state index is 4.17. The summed E-state index contributed by atoms with van der Waals surface area (Å²) in [6.07, 6.45) is 6.67. The van der Waals surface area contributed by atoms with Gasteiger partial charge < -0.3 is 0 Å². The van der Waals surface area contributed by atoms with Crippen molar-refractivity contribution < 1.29 is 0 Å². The Morgan fingerprint density at radius 3 is 1.52 bits per heavy atom. The Labute approximate surface area is 125 Å². The van der Waals surface area contributed by atoms with Crippen molar-refractivity contribution in [1.82, 2.24) is 0 Å². The minimum absolute atomic E-state index is 0.928. The standard InChI is InChI=1S/C17H20N4/c1-4-10-16(11-5-1)20-18-14-8-3-9-15-19-21-17-12-6-2-7-13-17/h1-2,4-7,10-15,20-21H,3,8-9H2. The van der Waals surface area contributed by atoms with Crippen molar-refractivity contribution >= 4 is 23.8 Å². The van der Waals surface area contributed by atoms with Crippen LogP contribution in [-0.2, 0) is 0 Å². The highest BCUT2D eigenvalue weighted by Gasteiger charge is 1.86. The van der Waals surface area contributed by atoms with Crippen molar-refractivity contribution in [2.24, 2.45) is 10.2 Å². The molecule has 0 heterocycles. The summed E-state index contributed by atoms with van der Waals surface area (Å²) in [6.45, 7) is 0. The lowest BCUT2D eigenvalue weighted by atomic mass is 10.3. The molecule has 4 heteroatoms. The Bertz CT molecular complexity index is 498. The summed E-state index contributed by atoms with van der Waals surface area (Å²) >= 11 is 0. The molecular weight excluding hydrogens is 260 g/mol. The normalized spacial score (nSPS) is 11.0. The van der Waals surface area contributed by atoms with Crippen molar-refractivity contribution in [3.05, 3.63) is 60.7 Å². The van der Waals surface area contributed by atoms with Crippen LogP contribution in [-0.4, -0.2) is 12.4 Å². The van der Waals surface area contributed by atoms with Gasteiger partial charge in [0.2, 0.25) is 0 Å². The molecule has 2 N–H and O–H groups in total. The molecule has 0 aliphatic carbocycles. The van der Waals surface area contributed by atoms with Gasteiger partial charge in [-0.15, -0.1) is 0 Å². The number of hydrogen-bond acceptors (Lipinski definition) is 4. The third kappa shape index (κ3) is 6.38. The van der Waals surface area contributed by atoms with Gasteiger partial charge in [-0.2, -0.15) is 10.2 Å². The molecule has 0 aromatic heterocycles. The molecule has 0 aliphatic rings. The van der Waals surface area contributed by atoms with Crippen LogP contribution in [0.15, 0.2) is 70.9 Å². The van der Waals surface area contributed by atoms with Crippen molar-refractivity contribution in [2.75, 3.05) is 10.9 Å². The van der Waals surface area contributed by atoms with Gasteiger partial charge in [0.05, 0.1) is 11.4 Å². The van der Waals surface area contributed by atoms with Gasteiger partial charge in [0, 0.05) is 12.4 Å². The number of nitrogens with one attached hydrogen (secondary N) is 2. The van der Waals surface area contributed by atoms with Gasteiger partial charge >= 0.3 is 0 Å². The summed E-state index contributed by atoms with van der Waals surface area (Å²) in [7, 11) is 0. The highest BCUT2D eigenvalue weighted by molar-refractivity contribution is 5.62. The minimum atomic E-state index is 0.928. The second-order valence-corrected chi connectivity index (χ2v) is 4.51. The average molecular weight is 280 g/mol. The topological polar surface area (TPSA) is 48.8 Å². The number of unbranched alkanes of at least 4 members (excludes halogenated alkanes) is 2. The third-order valence-electron chi connectivity index (χ3n) is 2.78. The van der Waals surface area contributed by atoms with E-state index >= 15 is 0 Å². The predicted molar refractivity (Wildman–Crippen MR) is 91.0 cm³/mol. The Morgan fingerprint density at radius 2 is 1.10 bits per heavy atom. The lowest BCUT2D eigenvalue weighted by Gasteiger charge is -1.98. The maximum absolute atomic E-state index is 4.17. The molecule has 108 valence electrons. The summed E-state index contributed by atoms with van der Waals surface area (Å²) in [4.78, 5) is 0. The van der Waals surface area contributed by atoms with E-state index in [1.54, 1.807) is 0 Å². The molecule has 0 bridgehead atoms. The van der Waals surface area contributed by atoms with Crippen LogP contribution in [0.3, 0.4) is 0 Å². The van der Waals surface area contributed by atoms with E-state index in [0.29, 0.717) is 0 Å². The van der Waals surface area contributed by atoms with Crippen molar-refractivity contribution in [2.45, 2.75) is 19.3 Å². The molecule has 0 unspecified atom stereocenters. The van der Waals surface area contributed by atoms with E-state index in [9.17, 15) is 0 Å². The van der Waals surface area contributed by atoms with Crippen LogP contribution < -0.4 is 10.9 Å². The Balaban J connectivity index is 1.54. The van der Waals surface area contributed by atoms with E-state index in [2.05, 4.69) is 21.1 Å². The third-order valence-corrected chi connectivity index (χ3v) is 2.78. The quantitative estimate of drug-likeness (QED) is 0.429. The molecule has 0 saturated carbocycles. The number of anilines is 2. The van der Waals surface area contributed by atoms with Gasteiger partial charge in [-0.1, -0.05) is 36.4 Å². The molecule has 2 aromatic rings. The van der Waals surface area contributed by atoms with Crippen LogP contribution in [0.5, 0.6) is 0 Å². The Kier molecular flexibility index (Phi) is 6.55. The molecule has 0 spiro atoms. The number of benzene rings is 2. The largest absolute Gasteiger partial charge is 0.279 e. The first-order valence-electron chi connectivity index (χ1n) is 7.10. The summed E-state index contributed by atoms with van der Waals surface area (Å²) in [6, 6.07) is 19.8. The van der Waals surface area contributed by atoms with E-state index in [4.69, 9.17) is 0 Å². The maximum Gasteiger partial charge on any atom is 0.0561 e. The van der Waals surface area contributed by atoms with E-state index in [-0.39, 0.29) is 0 Å². The average Bonchev–Trinajstić information content (AvgIpc) is 2.55. The fourth-order valence-electron chi connectivity index (χ4n) is 1.70. The molecular formula is C17H20N4.